The summed E-state index contributed by atoms with van der Waals surface area (Å²) in [5, 5.41) is 9.65. The Morgan fingerprint density at radius 2 is 1.00 bits per heavy atom. The van der Waals surface area contributed by atoms with Crippen LogP contribution < -0.4 is 0 Å². The fourth-order valence-corrected chi connectivity index (χ4v) is 3.78. The molecule has 24 heavy (non-hydrogen) atoms. The van der Waals surface area contributed by atoms with Crippen LogP contribution in [0.2, 0.25) is 5.02 Å². The van der Waals surface area contributed by atoms with Crippen LogP contribution in [0.1, 0.15) is 10.4 Å². The molecule has 0 spiro atoms. The third-order valence-corrected chi connectivity index (χ3v) is 5.49. The first-order valence-corrected chi connectivity index (χ1v) is 9.16. The van der Waals surface area contributed by atoms with Crippen molar-refractivity contribution < 1.29 is 9.90 Å². The molecule has 3 aromatic carbocycles. The van der Waals surface area contributed by atoms with Gasteiger partial charge in [0, 0.05) is 24.6 Å². The predicted molar refractivity (Wildman–Crippen MR) is 99.5 cm³/mol. The standard InChI is InChI=1S/C19H13ClO2S2/c20-14-3-7-16(8-4-14)24-18-11-9-17(10-12-18)23-15-5-1-13(2-6-15)19(21)22/h1-12H,(H,21,22). The molecule has 0 fully saturated rings. The third-order valence-electron chi connectivity index (χ3n) is 3.21. The van der Waals surface area contributed by atoms with Crippen molar-refractivity contribution in [1.82, 2.24) is 0 Å². The smallest absolute Gasteiger partial charge is 0.335 e. The molecule has 1 N–H and O–H groups in total. The third kappa shape index (κ3) is 4.57. The minimum Gasteiger partial charge on any atom is -0.478 e. The molecule has 0 bridgehead atoms. The van der Waals surface area contributed by atoms with Crippen molar-refractivity contribution in [3.05, 3.63) is 83.4 Å². The van der Waals surface area contributed by atoms with Gasteiger partial charge in [-0.05, 0) is 72.8 Å². The van der Waals surface area contributed by atoms with Gasteiger partial charge in [-0.15, -0.1) is 0 Å². The number of hydrogen-bond donors (Lipinski definition) is 1. The Kier molecular flexibility index (Phi) is 5.51. The Balaban J connectivity index is 1.65. The van der Waals surface area contributed by atoms with E-state index in [-0.39, 0.29) is 0 Å². The number of carboxylic acids is 1. The molecule has 0 radical (unpaired) electrons. The van der Waals surface area contributed by atoms with Crippen LogP contribution in [0.4, 0.5) is 0 Å². The molecule has 2 nitrogen and oxygen atoms in total. The summed E-state index contributed by atoms with van der Waals surface area (Å²) in [6.07, 6.45) is 0. The number of hydrogen-bond acceptors (Lipinski definition) is 3. The maximum Gasteiger partial charge on any atom is 0.335 e. The van der Waals surface area contributed by atoms with E-state index in [9.17, 15) is 4.79 Å². The van der Waals surface area contributed by atoms with Crippen LogP contribution >= 0.6 is 35.1 Å². The lowest BCUT2D eigenvalue weighted by atomic mass is 10.2. The van der Waals surface area contributed by atoms with Gasteiger partial charge in [-0.2, -0.15) is 0 Å². The number of benzene rings is 3. The van der Waals surface area contributed by atoms with Crippen LogP contribution in [0.15, 0.2) is 92.4 Å². The fourth-order valence-electron chi connectivity index (χ4n) is 2.02. The number of rotatable bonds is 5. The van der Waals surface area contributed by atoms with Gasteiger partial charge in [0.15, 0.2) is 0 Å². The van der Waals surface area contributed by atoms with Crippen LogP contribution in [-0.2, 0) is 0 Å². The second-order valence-corrected chi connectivity index (χ2v) is 7.69. The van der Waals surface area contributed by atoms with Gasteiger partial charge in [-0.25, -0.2) is 4.79 Å². The number of carboxylic acid groups (broad SMARTS) is 1. The van der Waals surface area contributed by atoms with Gasteiger partial charge in [0.2, 0.25) is 0 Å². The van der Waals surface area contributed by atoms with E-state index < -0.39 is 5.97 Å². The summed E-state index contributed by atoms with van der Waals surface area (Å²) in [6, 6.07) is 22.9. The minimum atomic E-state index is -0.907. The van der Waals surface area contributed by atoms with E-state index in [1.165, 1.54) is 0 Å². The Hall–Kier alpha value is -1.88. The first kappa shape index (κ1) is 17.0. The van der Waals surface area contributed by atoms with Gasteiger partial charge in [-0.3, -0.25) is 0 Å². The van der Waals surface area contributed by atoms with Crippen LogP contribution in [0, 0.1) is 0 Å². The molecule has 0 saturated carbocycles. The van der Waals surface area contributed by atoms with Gasteiger partial charge in [0.25, 0.3) is 0 Å². The van der Waals surface area contributed by atoms with Gasteiger partial charge in [-0.1, -0.05) is 35.1 Å². The lowest BCUT2D eigenvalue weighted by molar-refractivity contribution is 0.0697. The van der Waals surface area contributed by atoms with E-state index in [4.69, 9.17) is 16.7 Å². The Bertz CT molecular complexity index is 829. The van der Waals surface area contributed by atoms with Crippen molar-refractivity contribution in [2.24, 2.45) is 0 Å². The van der Waals surface area contributed by atoms with Gasteiger partial charge in [0.1, 0.15) is 0 Å². The van der Waals surface area contributed by atoms with E-state index in [1.54, 1.807) is 35.7 Å². The Labute approximate surface area is 153 Å². The summed E-state index contributed by atoms with van der Waals surface area (Å²) >= 11 is 9.18. The molecule has 0 aromatic heterocycles. The lowest BCUT2D eigenvalue weighted by Crippen LogP contribution is -1.94. The van der Waals surface area contributed by atoms with Crippen LogP contribution in [0.25, 0.3) is 0 Å². The quantitative estimate of drug-likeness (QED) is 0.567. The molecule has 0 unspecified atom stereocenters. The van der Waals surface area contributed by atoms with Gasteiger partial charge < -0.3 is 5.11 Å². The summed E-state index contributed by atoms with van der Waals surface area (Å²) in [4.78, 5) is 15.3. The molecule has 0 aliphatic carbocycles. The summed E-state index contributed by atoms with van der Waals surface area (Å²) in [6.45, 7) is 0. The van der Waals surface area contributed by atoms with E-state index in [0.29, 0.717) is 5.56 Å². The molecule has 0 heterocycles. The Morgan fingerprint density at radius 3 is 1.38 bits per heavy atom. The second-order valence-electron chi connectivity index (χ2n) is 4.96. The highest BCUT2D eigenvalue weighted by atomic mass is 35.5. The second kappa shape index (κ2) is 7.79. The normalized spacial score (nSPS) is 10.5. The monoisotopic (exact) mass is 372 g/mol. The topological polar surface area (TPSA) is 37.3 Å². The van der Waals surface area contributed by atoms with Crippen molar-refractivity contribution in [3.63, 3.8) is 0 Å². The van der Waals surface area contributed by atoms with Crippen molar-refractivity contribution in [1.29, 1.82) is 0 Å². The van der Waals surface area contributed by atoms with Crippen molar-refractivity contribution >= 4 is 41.1 Å². The average Bonchev–Trinajstić information content (AvgIpc) is 2.59. The average molecular weight is 373 g/mol. The number of carbonyl (C=O) groups is 1. The Morgan fingerprint density at radius 1 is 0.667 bits per heavy atom. The molecule has 0 saturated heterocycles. The lowest BCUT2D eigenvalue weighted by Gasteiger charge is -2.05. The van der Waals surface area contributed by atoms with Crippen molar-refractivity contribution in [3.8, 4) is 0 Å². The highest BCUT2D eigenvalue weighted by Gasteiger charge is 2.04. The van der Waals surface area contributed by atoms with Crippen LogP contribution in [-0.4, -0.2) is 11.1 Å². The summed E-state index contributed by atoms with van der Waals surface area (Å²) in [7, 11) is 0. The van der Waals surface area contributed by atoms with E-state index in [1.807, 2.05) is 36.4 Å². The highest BCUT2D eigenvalue weighted by Crippen LogP contribution is 2.32. The molecule has 0 atom stereocenters. The zero-order valence-corrected chi connectivity index (χ0v) is 14.9. The minimum absolute atomic E-state index is 0.300. The molecule has 0 aliphatic heterocycles. The maximum atomic E-state index is 10.9. The number of aromatic carboxylic acids is 1. The molecule has 120 valence electrons. The number of halogens is 1. The first-order chi connectivity index (χ1) is 11.6. The summed E-state index contributed by atoms with van der Waals surface area (Å²) in [5.41, 5.74) is 0.300. The highest BCUT2D eigenvalue weighted by molar-refractivity contribution is 7.99. The molecule has 0 amide bonds. The van der Waals surface area contributed by atoms with E-state index in [0.717, 1.165) is 24.6 Å². The van der Waals surface area contributed by atoms with E-state index in [2.05, 4.69) is 24.3 Å². The zero-order chi connectivity index (χ0) is 16.9. The van der Waals surface area contributed by atoms with Crippen LogP contribution in [0.3, 0.4) is 0 Å². The van der Waals surface area contributed by atoms with Crippen molar-refractivity contribution in [2.45, 2.75) is 19.6 Å². The molecule has 3 aromatic rings. The van der Waals surface area contributed by atoms with E-state index >= 15 is 0 Å². The largest absolute Gasteiger partial charge is 0.478 e. The zero-order valence-electron chi connectivity index (χ0n) is 12.5. The van der Waals surface area contributed by atoms with Crippen LogP contribution in [0.5, 0.6) is 0 Å². The molecular weight excluding hydrogens is 360 g/mol. The van der Waals surface area contributed by atoms with Gasteiger partial charge >= 0.3 is 5.97 Å². The summed E-state index contributed by atoms with van der Waals surface area (Å²) in [5.74, 6) is -0.907. The maximum absolute atomic E-state index is 10.9. The molecule has 5 heteroatoms. The van der Waals surface area contributed by atoms with Gasteiger partial charge in [0.05, 0.1) is 5.56 Å². The molecular formula is C19H13ClO2S2. The fraction of sp³-hybridized carbons (Fsp3) is 0. The predicted octanol–water partition coefficient (Wildman–Crippen LogP) is 6.34. The first-order valence-electron chi connectivity index (χ1n) is 7.15. The SMILES string of the molecule is O=C(O)c1ccc(Sc2ccc(Sc3ccc(Cl)cc3)cc2)cc1. The molecule has 3 rings (SSSR count). The summed E-state index contributed by atoms with van der Waals surface area (Å²) < 4.78 is 0. The molecule has 0 aliphatic rings. The van der Waals surface area contributed by atoms with Crippen molar-refractivity contribution in [2.75, 3.05) is 0 Å².